The van der Waals surface area contributed by atoms with Crippen LogP contribution in [0.15, 0.2) is 60.9 Å². The number of ether oxygens (including phenoxy) is 1. The van der Waals surface area contributed by atoms with Crippen LogP contribution in [0, 0.1) is 0 Å². The number of carbonyl (C=O) groups excluding carboxylic acids is 1. The molecule has 2 aromatic heterocycles. The Morgan fingerprint density at radius 1 is 1.14 bits per heavy atom. The minimum absolute atomic E-state index is 0.00757. The molecule has 0 fully saturated rings. The largest absolute Gasteiger partial charge is 0.375 e. The van der Waals surface area contributed by atoms with Crippen LogP contribution in [0.5, 0.6) is 0 Å². The molecule has 0 aliphatic rings. The van der Waals surface area contributed by atoms with Gasteiger partial charge >= 0.3 is 0 Å². The van der Waals surface area contributed by atoms with Gasteiger partial charge in [-0.1, -0.05) is 30.3 Å². The number of pyridine rings is 1. The molecule has 0 aliphatic heterocycles. The minimum Gasteiger partial charge on any atom is -0.375 e. The maximum absolute atomic E-state index is 12.3. The molecule has 1 N–H and O–H groups in total. The summed E-state index contributed by atoms with van der Waals surface area (Å²) in [5.74, 6) is 1.13. The summed E-state index contributed by atoms with van der Waals surface area (Å²) < 4.78 is 4.98. The van der Waals surface area contributed by atoms with Crippen molar-refractivity contribution in [3.63, 3.8) is 0 Å². The Morgan fingerprint density at radius 3 is 2.59 bits per heavy atom. The number of nitrogens with one attached hydrogen (secondary N) is 1. The van der Waals surface area contributed by atoms with E-state index in [-0.39, 0.29) is 18.6 Å². The third kappa shape index (κ3) is 5.58. The number of nitrogens with zero attached hydrogens (tertiary/aromatic N) is 4. The van der Waals surface area contributed by atoms with E-state index in [9.17, 15) is 4.79 Å². The van der Waals surface area contributed by atoms with Crippen LogP contribution in [0.2, 0.25) is 0 Å². The van der Waals surface area contributed by atoms with Gasteiger partial charge in [0.15, 0.2) is 5.82 Å². The highest BCUT2D eigenvalue weighted by atomic mass is 16.5. The Labute approximate surface area is 170 Å². The Morgan fingerprint density at radius 2 is 1.93 bits per heavy atom. The number of anilines is 1. The van der Waals surface area contributed by atoms with Gasteiger partial charge in [-0.3, -0.25) is 9.78 Å². The lowest BCUT2D eigenvalue weighted by Crippen LogP contribution is -2.33. The van der Waals surface area contributed by atoms with Gasteiger partial charge in [-0.05, 0) is 24.1 Å². The van der Waals surface area contributed by atoms with Crippen LogP contribution < -0.4 is 10.2 Å². The topological polar surface area (TPSA) is 80.2 Å². The highest BCUT2D eigenvalue weighted by molar-refractivity contribution is 5.77. The van der Waals surface area contributed by atoms with Crippen LogP contribution in [0.4, 0.5) is 5.82 Å². The number of amides is 1. The molecule has 150 valence electrons. The van der Waals surface area contributed by atoms with Crippen molar-refractivity contribution < 1.29 is 9.53 Å². The van der Waals surface area contributed by atoms with Crippen LogP contribution in [0.1, 0.15) is 17.3 Å². The molecule has 0 aliphatic carbocycles. The van der Waals surface area contributed by atoms with E-state index in [1.54, 1.807) is 12.4 Å². The summed E-state index contributed by atoms with van der Waals surface area (Å²) >= 11 is 0. The molecule has 0 saturated carbocycles. The van der Waals surface area contributed by atoms with Gasteiger partial charge in [0.05, 0.1) is 11.7 Å². The van der Waals surface area contributed by atoms with Crippen molar-refractivity contribution in [3.8, 4) is 11.4 Å². The van der Waals surface area contributed by atoms with Crippen LogP contribution >= 0.6 is 0 Å². The molecule has 1 atom stereocenters. The van der Waals surface area contributed by atoms with Gasteiger partial charge in [0.1, 0.15) is 12.4 Å². The molecule has 1 aromatic carbocycles. The van der Waals surface area contributed by atoms with Crippen LogP contribution in [-0.4, -0.2) is 48.7 Å². The lowest BCUT2D eigenvalue weighted by atomic mass is 10.0. The van der Waals surface area contributed by atoms with Crippen molar-refractivity contribution in [1.82, 2.24) is 20.3 Å². The second-order valence-electron chi connectivity index (χ2n) is 6.85. The van der Waals surface area contributed by atoms with E-state index in [0.29, 0.717) is 12.2 Å². The van der Waals surface area contributed by atoms with E-state index in [2.05, 4.69) is 15.3 Å². The van der Waals surface area contributed by atoms with Gasteiger partial charge in [0, 0.05) is 45.2 Å². The number of benzene rings is 1. The van der Waals surface area contributed by atoms with Crippen molar-refractivity contribution >= 4 is 11.7 Å². The Bertz CT molecular complexity index is 932. The molecule has 1 amide bonds. The average Bonchev–Trinajstić information content (AvgIpc) is 2.74. The number of methoxy groups -OCH3 is 1. The van der Waals surface area contributed by atoms with Gasteiger partial charge in [0.25, 0.3) is 0 Å². The molecule has 7 nitrogen and oxygen atoms in total. The SMILES string of the molecule is COCC(=O)NC(Cc1ccccc1)c1cc(N(C)C)nc(-c2cccnc2)n1. The fourth-order valence-electron chi connectivity index (χ4n) is 2.93. The zero-order valence-corrected chi connectivity index (χ0v) is 16.9. The first-order valence-electron chi connectivity index (χ1n) is 9.35. The third-order valence-corrected chi connectivity index (χ3v) is 4.36. The third-order valence-electron chi connectivity index (χ3n) is 4.36. The van der Waals surface area contributed by atoms with E-state index >= 15 is 0 Å². The Balaban J connectivity index is 2.02. The molecule has 3 rings (SSSR count). The lowest BCUT2D eigenvalue weighted by Gasteiger charge is -2.21. The van der Waals surface area contributed by atoms with Crippen LogP contribution in [0.3, 0.4) is 0 Å². The van der Waals surface area contributed by atoms with Gasteiger partial charge in [0.2, 0.25) is 5.91 Å². The van der Waals surface area contributed by atoms with Crippen molar-refractivity contribution in [2.75, 3.05) is 32.7 Å². The zero-order chi connectivity index (χ0) is 20.6. The lowest BCUT2D eigenvalue weighted by molar-refractivity contribution is -0.125. The molecule has 1 unspecified atom stereocenters. The average molecular weight is 391 g/mol. The van der Waals surface area contributed by atoms with Gasteiger partial charge < -0.3 is 15.0 Å². The first-order chi connectivity index (χ1) is 14.1. The summed E-state index contributed by atoms with van der Waals surface area (Å²) in [6, 6.07) is 15.3. The quantitative estimate of drug-likeness (QED) is 0.636. The van der Waals surface area contributed by atoms with Crippen molar-refractivity contribution in [3.05, 3.63) is 72.2 Å². The summed E-state index contributed by atoms with van der Waals surface area (Å²) in [5, 5.41) is 3.04. The zero-order valence-electron chi connectivity index (χ0n) is 16.9. The molecule has 3 aromatic rings. The first kappa shape index (κ1) is 20.4. The number of hydrogen-bond donors (Lipinski definition) is 1. The molecule has 2 heterocycles. The minimum atomic E-state index is -0.322. The maximum atomic E-state index is 12.3. The normalized spacial score (nSPS) is 11.7. The van der Waals surface area contributed by atoms with Gasteiger partial charge in [-0.2, -0.15) is 0 Å². The summed E-state index contributed by atoms with van der Waals surface area (Å²) in [7, 11) is 5.35. The molecular formula is C22H25N5O2. The van der Waals surface area contributed by atoms with Crippen LogP contribution in [0.25, 0.3) is 11.4 Å². The number of carbonyl (C=O) groups is 1. The summed E-state index contributed by atoms with van der Waals surface area (Å²) in [5.41, 5.74) is 2.65. The van der Waals surface area contributed by atoms with E-state index < -0.39 is 0 Å². The monoisotopic (exact) mass is 391 g/mol. The fourth-order valence-corrected chi connectivity index (χ4v) is 2.93. The highest BCUT2D eigenvalue weighted by Gasteiger charge is 2.20. The number of hydrogen-bond acceptors (Lipinski definition) is 6. The maximum Gasteiger partial charge on any atom is 0.246 e. The standard InChI is InChI=1S/C22H25N5O2/c1-27(2)20-13-19(25-22(26-20)17-10-7-11-23-14-17)18(24-21(28)15-29-3)12-16-8-5-4-6-9-16/h4-11,13-14,18H,12,15H2,1-3H3,(H,24,28). The van der Waals surface area contributed by atoms with E-state index in [0.717, 1.165) is 22.6 Å². The first-order valence-corrected chi connectivity index (χ1v) is 9.35. The van der Waals surface area contributed by atoms with Crippen molar-refractivity contribution in [2.24, 2.45) is 0 Å². The summed E-state index contributed by atoms with van der Waals surface area (Å²) in [6.07, 6.45) is 4.05. The number of aromatic nitrogens is 3. The summed E-state index contributed by atoms with van der Waals surface area (Å²) in [4.78, 5) is 27.8. The predicted octanol–water partition coefficient (Wildman–Crippen LogP) is 2.65. The molecule has 0 radical (unpaired) electrons. The Kier molecular flexibility index (Phi) is 6.86. The van der Waals surface area contributed by atoms with E-state index in [1.807, 2.05) is 67.5 Å². The molecular weight excluding hydrogens is 366 g/mol. The summed E-state index contributed by atoms with van der Waals surface area (Å²) in [6.45, 7) is -0.00757. The van der Waals surface area contributed by atoms with Crippen molar-refractivity contribution in [2.45, 2.75) is 12.5 Å². The van der Waals surface area contributed by atoms with E-state index in [4.69, 9.17) is 9.72 Å². The highest BCUT2D eigenvalue weighted by Crippen LogP contribution is 2.24. The predicted molar refractivity (Wildman–Crippen MR) is 112 cm³/mol. The van der Waals surface area contributed by atoms with Gasteiger partial charge in [-0.25, -0.2) is 9.97 Å². The van der Waals surface area contributed by atoms with Crippen molar-refractivity contribution in [1.29, 1.82) is 0 Å². The molecule has 0 bridgehead atoms. The molecule has 0 spiro atoms. The Hall–Kier alpha value is -3.32. The molecule has 29 heavy (non-hydrogen) atoms. The fraction of sp³-hybridized carbons (Fsp3) is 0.273. The molecule has 7 heteroatoms. The number of rotatable bonds is 8. The molecule has 0 saturated heterocycles. The van der Waals surface area contributed by atoms with Crippen LogP contribution in [-0.2, 0) is 16.0 Å². The van der Waals surface area contributed by atoms with Gasteiger partial charge in [-0.15, -0.1) is 0 Å². The second-order valence-corrected chi connectivity index (χ2v) is 6.85. The smallest absolute Gasteiger partial charge is 0.246 e. The van der Waals surface area contributed by atoms with E-state index in [1.165, 1.54) is 7.11 Å². The second kappa shape index (κ2) is 9.75.